The standard InChI is InChI=1S/C14H14FN3OS/c15-9-1-3-11(4-2-9)17-14-18-12(8-20-14)7-13(19)16-10-5-6-10/h1-4,8,10H,5-7H2,(H,16,19)(H,17,18). The van der Waals surface area contributed by atoms with Crippen molar-refractivity contribution < 1.29 is 9.18 Å². The predicted molar refractivity (Wildman–Crippen MR) is 76.7 cm³/mol. The molecule has 0 spiro atoms. The van der Waals surface area contributed by atoms with Crippen LogP contribution in [0.3, 0.4) is 0 Å². The van der Waals surface area contributed by atoms with Gasteiger partial charge in [0.2, 0.25) is 5.91 Å². The number of aromatic nitrogens is 1. The molecule has 1 aliphatic rings. The van der Waals surface area contributed by atoms with Crippen LogP contribution in [0.25, 0.3) is 0 Å². The van der Waals surface area contributed by atoms with Crippen molar-refractivity contribution >= 4 is 28.1 Å². The smallest absolute Gasteiger partial charge is 0.226 e. The van der Waals surface area contributed by atoms with E-state index in [-0.39, 0.29) is 11.7 Å². The highest BCUT2D eigenvalue weighted by molar-refractivity contribution is 7.13. The van der Waals surface area contributed by atoms with E-state index in [0.29, 0.717) is 17.6 Å². The first-order chi connectivity index (χ1) is 9.69. The van der Waals surface area contributed by atoms with Gasteiger partial charge in [-0.2, -0.15) is 0 Å². The summed E-state index contributed by atoms with van der Waals surface area (Å²) in [6.07, 6.45) is 2.47. The van der Waals surface area contributed by atoms with Crippen molar-refractivity contribution in [2.45, 2.75) is 25.3 Å². The maximum Gasteiger partial charge on any atom is 0.226 e. The largest absolute Gasteiger partial charge is 0.353 e. The third kappa shape index (κ3) is 3.54. The van der Waals surface area contributed by atoms with Gasteiger partial charge in [-0.3, -0.25) is 4.79 Å². The summed E-state index contributed by atoms with van der Waals surface area (Å²) in [5.74, 6) is -0.252. The number of nitrogens with one attached hydrogen (secondary N) is 2. The Bertz CT molecular complexity index is 607. The predicted octanol–water partition coefficient (Wildman–Crippen LogP) is 2.85. The molecule has 104 valence electrons. The second kappa shape index (κ2) is 5.58. The van der Waals surface area contributed by atoms with Crippen molar-refractivity contribution in [3.05, 3.63) is 41.2 Å². The molecular weight excluding hydrogens is 277 g/mol. The summed E-state index contributed by atoms with van der Waals surface area (Å²) >= 11 is 1.43. The molecule has 0 bridgehead atoms. The zero-order valence-electron chi connectivity index (χ0n) is 10.7. The SMILES string of the molecule is O=C(Cc1csc(Nc2ccc(F)cc2)n1)NC1CC1. The molecule has 1 fully saturated rings. The number of carbonyl (C=O) groups is 1. The van der Waals surface area contributed by atoms with Gasteiger partial charge in [0, 0.05) is 17.1 Å². The molecule has 1 amide bonds. The molecule has 20 heavy (non-hydrogen) atoms. The highest BCUT2D eigenvalue weighted by Crippen LogP contribution is 2.22. The molecule has 1 aromatic heterocycles. The fourth-order valence-electron chi connectivity index (χ4n) is 1.77. The minimum atomic E-state index is -0.271. The molecule has 1 aromatic carbocycles. The Hall–Kier alpha value is -1.95. The number of benzene rings is 1. The lowest BCUT2D eigenvalue weighted by Gasteiger charge is -2.02. The lowest BCUT2D eigenvalue weighted by atomic mass is 10.3. The molecular formula is C14H14FN3OS. The number of hydrogen-bond donors (Lipinski definition) is 2. The van der Waals surface area contributed by atoms with E-state index in [2.05, 4.69) is 15.6 Å². The number of halogens is 1. The average molecular weight is 291 g/mol. The summed E-state index contributed by atoms with van der Waals surface area (Å²) in [4.78, 5) is 16.0. The lowest BCUT2D eigenvalue weighted by molar-refractivity contribution is -0.120. The second-order valence-corrected chi connectivity index (χ2v) is 5.65. The fourth-order valence-corrected chi connectivity index (χ4v) is 2.50. The summed E-state index contributed by atoms with van der Waals surface area (Å²) in [6, 6.07) is 6.45. The molecule has 6 heteroatoms. The Morgan fingerprint density at radius 2 is 2.10 bits per heavy atom. The molecule has 3 rings (SSSR count). The topological polar surface area (TPSA) is 54.0 Å². The van der Waals surface area contributed by atoms with E-state index >= 15 is 0 Å². The zero-order chi connectivity index (χ0) is 13.9. The molecule has 1 aliphatic carbocycles. The van der Waals surface area contributed by atoms with Gasteiger partial charge in [0.25, 0.3) is 0 Å². The summed E-state index contributed by atoms with van der Waals surface area (Å²) in [5.41, 5.74) is 1.52. The van der Waals surface area contributed by atoms with Crippen molar-refractivity contribution in [2.75, 3.05) is 5.32 Å². The van der Waals surface area contributed by atoms with Gasteiger partial charge in [0.15, 0.2) is 5.13 Å². The van der Waals surface area contributed by atoms with Crippen molar-refractivity contribution in [2.24, 2.45) is 0 Å². The van der Waals surface area contributed by atoms with Crippen molar-refractivity contribution in [1.29, 1.82) is 0 Å². The summed E-state index contributed by atoms with van der Waals surface area (Å²) < 4.78 is 12.8. The Balaban J connectivity index is 1.58. The van der Waals surface area contributed by atoms with Crippen LogP contribution in [0.4, 0.5) is 15.2 Å². The normalized spacial score (nSPS) is 14.1. The van der Waals surface area contributed by atoms with Gasteiger partial charge in [0.1, 0.15) is 5.82 Å². The molecule has 0 atom stereocenters. The quantitative estimate of drug-likeness (QED) is 0.890. The number of amides is 1. The van der Waals surface area contributed by atoms with Crippen LogP contribution >= 0.6 is 11.3 Å². The van der Waals surface area contributed by atoms with Gasteiger partial charge in [-0.1, -0.05) is 0 Å². The van der Waals surface area contributed by atoms with E-state index in [1.54, 1.807) is 12.1 Å². The maximum atomic E-state index is 12.8. The number of hydrogen-bond acceptors (Lipinski definition) is 4. The van der Waals surface area contributed by atoms with Gasteiger partial charge in [-0.05, 0) is 37.1 Å². The second-order valence-electron chi connectivity index (χ2n) is 4.79. The minimum Gasteiger partial charge on any atom is -0.353 e. The molecule has 0 unspecified atom stereocenters. The zero-order valence-corrected chi connectivity index (χ0v) is 11.5. The number of nitrogens with zero attached hydrogens (tertiary/aromatic N) is 1. The Kier molecular flexibility index (Phi) is 3.64. The van der Waals surface area contributed by atoms with Gasteiger partial charge in [0.05, 0.1) is 12.1 Å². The number of rotatable bonds is 5. The third-order valence-electron chi connectivity index (χ3n) is 2.93. The van der Waals surface area contributed by atoms with E-state index in [9.17, 15) is 9.18 Å². The van der Waals surface area contributed by atoms with Crippen LogP contribution in [-0.4, -0.2) is 16.9 Å². The number of thiazole rings is 1. The Morgan fingerprint density at radius 3 is 2.80 bits per heavy atom. The maximum absolute atomic E-state index is 12.8. The molecule has 2 N–H and O–H groups in total. The summed E-state index contributed by atoms with van der Waals surface area (Å²) in [7, 11) is 0. The average Bonchev–Trinajstić information content (AvgIpc) is 3.12. The van der Waals surface area contributed by atoms with E-state index in [4.69, 9.17) is 0 Å². The monoisotopic (exact) mass is 291 g/mol. The van der Waals surface area contributed by atoms with E-state index in [1.807, 2.05) is 5.38 Å². The van der Waals surface area contributed by atoms with Crippen LogP contribution in [0.15, 0.2) is 29.6 Å². The van der Waals surface area contributed by atoms with Crippen LogP contribution in [-0.2, 0) is 11.2 Å². The molecule has 2 aromatic rings. The van der Waals surface area contributed by atoms with E-state index < -0.39 is 0 Å². The molecule has 1 saturated carbocycles. The van der Waals surface area contributed by atoms with Crippen LogP contribution in [0, 0.1) is 5.82 Å². The molecule has 1 heterocycles. The first kappa shape index (κ1) is 13.1. The van der Waals surface area contributed by atoms with E-state index in [1.165, 1.54) is 23.5 Å². The minimum absolute atomic E-state index is 0.0196. The summed E-state index contributed by atoms with van der Waals surface area (Å²) in [6.45, 7) is 0. The van der Waals surface area contributed by atoms with Gasteiger partial charge < -0.3 is 10.6 Å². The van der Waals surface area contributed by atoms with Gasteiger partial charge in [-0.15, -0.1) is 11.3 Å². The number of carbonyl (C=O) groups excluding carboxylic acids is 1. The van der Waals surface area contributed by atoms with Gasteiger partial charge in [-0.25, -0.2) is 9.37 Å². The highest BCUT2D eigenvalue weighted by Gasteiger charge is 2.23. The van der Waals surface area contributed by atoms with Crippen molar-refractivity contribution in [3.8, 4) is 0 Å². The van der Waals surface area contributed by atoms with Crippen LogP contribution in [0.2, 0.25) is 0 Å². The lowest BCUT2D eigenvalue weighted by Crippen LogP contribution is -2.27. The molecule has 0 radical (unpaired) electrons. The van der Waals surface area contributed by atoms with E-state index in [0.717, 1.165) is 24.2 Å². The Labute approximate surface area is 120 Å². The summed E-state index contributed by atoms with van der Waals surface area (Å²) in [5, 5.41) is 8.58. The first-order valence-electron chi connectivity index (χ1n) is 6.45. The fraction of sp³-hybridized carbons (Fsp3) is 0.286. The van der Waals surface area contributed by atoms with Gasteiger partial charge >= 0.3 is 0 Å². The van der Waals surface area contributed by atoms with Crippen LogP contribution in [0.5, 0.6) is 0 Å². The Morgan fingerprint density at radius 1 is 1.35 bits per heavy atom. The molecule has 0 aliphatic heterocycles. The molecule has 0 saturated heterocycles. The molecule has 4 nitrogen and oxygen atoms in total. The third-order valence-corrected chi connectivity index (χ3v) is 3.74. The van der Waals surface area contributed by atoms with Crippen LogP contribution in [0.1, 0.15) is 18.5 Å². The highest BCUT2D eigenvalue weighted by atomic mass is 32.1. The number of anilines is 2. The van der Waals surface area contributed by atoms with Crippen molar-refractivity contribution in [1.82, 2.24) is 10.3 Å². The van der Waals surface area contributed by atoms with Crippen LogP contribution < -0.4 is 10.6 Å². The first-order valence-corrected chi connectivity index (χ1v) is 7.33. The van der Waals surface area contributed by atoms with Crippen molar-refractivity contribution in [3.63, 3.8) is 0 Å².